The fourth-order valence-electron chi connectivity index (χ4n) is 2.64. The zero-order chi connectivity index (χ0) is 14.3. The molecule has 1 aromatic carbocycles. The SMILES string of the molecule is CCCn1c(C2CC2)c(N)c(=O)n1-c1ccc(Br)cc1. The number of halogens is 1. The third-order valence-corrected chi connectivity index (χ3v) is 4.22. The molecule has 0 bridgehead atoms. The Hall–Kier alpha value is -1.49. The first kappa shape index (κ1) is 13.5. The molecule has 0 radical (unpaired) electrons. The Morgan fingerprint density at radius 3 is 2.50 bits per heavy atom. The first-order valence-corrected chi connectivity index (χ1v) is 7.80. The van der Waals surface area contributed by atoms with Crippen molar-refractivity contribution in [3.63, 3.8) is 0 Å². The number of rotatable bonds is 4. The van der Waals surface area contributed by atoms with Crippen molar-refractivity contribution in [2.45, 2.75) is 38.6 Å². The van der Waals surface area contributed by atoms with Gasteiger partial charge in [0.1, 0.15) is 5.69 Å². The summed E-state index contributed by atoms with van der Waals surface area (Å²) in [6.45, 7) is 2.93. The maximum Gasteiger partial charge on any atom is 0.294 e. The quantitative estimate of drug-likeness (QED) is 0.932. The second-order valence-electron chi connectivity index (χ2n) is 5.29. The fraction of sp³-hybridized carbons (Fsp3) is 0.400. The van der Waals surface area contributed by atoms with Crippen molar-refractivity contribution in [2.75, 3.05) is 5.73 Å². The van der Waals surface area contributed by atoms with Crippen LogP contribution >= 0.6 is 15.9 Å². The van der Waals surface area contributed by atoms with Gasteiger partial charge in [-0.15, -0.1) is 0 Å². The van der Waals surface area contributed by atoms with Crippen molar-refractivity contribution in [1.82, 2.24) is 9.36 Å². The Bertz CT molecular complexity index is 680. The van der Waals surface area contributed by atoms with E-state index in [0.717, 1.165) is 41.7 Å². The zero-order valence-corrected chi connectivity index (χ0v) is 13.1. The molecule has 1 aromatic heterocycles. The van der Waals surface area contributed by atoms with E-state index in [1.165, 1.54) is 0 Å². The number of benzene rings is 1. The number of anilines is 1. The minimum atomic E-state index is -0.0947. The van der Waals surface area contributed by atoms with Crippen molar-refractivity contribution in [2.24, 2.45) is 0 Å². The Kier molecular flexibility index (Phi) is 3.46. The van der Waals surface area contributed by atoms with Crippen molar-refractivity contribution in [3.05, 3.63) is 44.8 Å². The molecule has 1 heterocycles. The first-order valence-electron chi connectivity index (χ1n) is 7.00. The van der Waals surface area contributed by atoms with Crippen LogP contribution in [0, 0.1) is 0 Å². The highest BCUT2D eigenvalue weighted by Gasteiger charge is 2.32. The number of hydrogen-bond acceptors (Lipinski definition) is 2. The number of nitrogens with two attached hydrogens (primary N) is 1. The number of nitrogen functional groups attached to an aromatic ring is 1. The van der Waals surface area contributed by atoms with Crippen LogP contribution in [0.25, 0.3) is 5.69 Å². The summed E-state index contributed by atoms with van der Waals surface area (Å²) in [7, 11) is 0. The molecular formula is C15H18BrN3O. The van der Waals surface area contributed by atoms with E-state index in [1.807, 2.05) is 24.3 Å². The Morgan fingerprint density at radius 1 is 1.30 bits per heavy atom. The van der Waals surface area contributed by atoms with Crippen LogP contribution in [0.1, 0.15) is 37.8 Å². The van der Waals surface area contributed by atoms with Gasteiger partial charge in [-0.1, -0.05) is 22.9 Å². The minimum absolute atomic E-state index is 0.0947. The van der Waals surface area contributed by atoms with Crippen LogP contribution in [0.5, 0.6) is 0 Å². The van der Waals surface area contributed by atoms with E-state index in [4.69, 9.17) is 5.73 Å². The lowest BCUT2D eigenvalue weighted by Gasteiger charge is -2.14. The third-order valence-electron chi connectivity index (χ3n) is 3.69. The monoisotopic (exact) mass is 335 g/mol. The highest BCUT2D eigenvalue weighted by molar-refractivity contribution is 9.10. The Balaban J connectivity index is 2.20. The van der Waals surface area contributed by atoms with Gasteiger partial charge in [-0.05, 0) is 43.5 Å². The van der Waals surface area contributed by atoms with E-state index in [9.17, 15) is 4.79 Å². The van der Waals surface area contributed by atoms with E-state index in [0.29, 0.717) is 11.6 Å². The van der Waals surface area contributed by atoms with Gasteiger partial charge in [0.25, 0.3) is 5.56 Å². The highest BCUT2D eigenvalue weighted by Crippen LogP contribution is 2.42. The van der Waals surface area contributed by atoms with Gasteiger partial charge in [-0.3, -0.25) is 9.48 Å². The largest absolute Gasteiger partial charge is 0.393 e. The predicted molar refractivity (Wildman–Crippen MR) is 84.4 cm³/mol. The molecule has 0 spiro atoms. The summed E-state index contributed by atoms with van der Waals surface area (Å²) >= 11 is 3.42. The molecule has 1 aliphatic rings. The molecule has 106 valence electrons. The van der Waals surface area contributed by atoms with Crippen molar-refractivity contribution >= 4 is 21.6 Å². The van der Waals surface area contributed by atoms with Crippen LogP contribution in [0.15, 0.2) is 33.5 Å². The van der Waals surface area contributed by atoms with Crippen LogP contribution < -0.4 is 11.3 Å². The molecule has 0 atom stereocenters. The summed E-state index contributed by atoms with van der Waals surface area (Å²) in [6, 6.07) is 7.76. The number of aromatic nitrogens is 2. The Morgan fingerprint density at radius 2 is 1.95 bits per heavy atom. The van der Waals surface area contributed by atoms with Crippen LogP contribution in [0.4, 0.5) is 5.69 Å². The maximum atomic E-state index is 12.5. The molecule has 1 aliphatic carbocycles. The lowest BCUT2D eigenvalue weighted by Crippen LogP contribution is -2.22. The molecule has 0 unspecified atom stereocenters. The molecule has 1 saturated carbocycles. The molecule has 20 heavy (non-hydrogen) atoms. The molecule has 0 saturated heterocycles. The molecule has 4 nitrogen and oxygen atoms in total. The van der Waals surface area contributed by atoms with Gasteiger partial charge in [-0.25, -0.2) is 4.68 Å². The van der Waals surface area contributed by atoms with Gasteiger partial charge in [0.15, 0.2) is 0 Å². The topological polar surface area (TPSA) is 52.9 Å². The van der Waals surface area contributed by atoms with Crippen molar-refractivity contribution in [1.29, 1.82) is 0 Å². The van der Waals surface area contributed by atoms with Crippen molar-refractivity contribution < 1.29 is 0 Å². The summed E-state index contributed by atoms with van der Waals surface area (Å²) in [5.41, 5.74) is 8.30. The van der Waals surface area contributed by atoms with Gasteiger partial charge in [0, 0.05) is 16.9 Å². The average molecular weight is 336 g/mol. The summed E-state index contributed by atoms with van der Waals surface area (Å²) < 4.78 is 4.79. The van der Waals surface area contributed by atoms with E-state index < -0.39 is 0 Å². The summed E-state index contributed by atoms with van der Waals surface area (Å²) in [5.74, 6) is 0.464. The summed E-state index contributed by atoms with van der Waals surface area (Å²) in [5, 5.41) is 0. The Labute approximate surface area is 126 Å². The van der Waals surface area contributed by atoms with Gasteiger partial charge >= 0.3 is 0 Å². The standard InChI is InChI=1S/C15H18BrN3O/c1-2-9-18-14(10-3-4-10)13(17)15(20)19(18)12-7-5-11(16)6-8-12/h5-8,10H,2-4,9,17H2,1H3. The van der Waals surface area contributed by atoms with Crippen molar-refractivity contribution in [3.8, 4) is 5.69 Å². The smallest absolute Gasteiger partial charge is 0.294 e. The molecule has 3 rings (SSSR count). The molecule has 1 fully saturated rings. The second-order valence-corrected chi connectivity index (χ2v) is 6.21. The fourth-order valence-corrected chi connectivity index (χ4v) is 2.90. The molecule has 0 aliphatic heterocycles. The minimum Gasteiger partial charge on any atom is -0.393 e. The second kappa shape index (κ2) is 5.13. The lowest BCUT2D eigenvalue weighted by molar-refractivity contribution is 0.515. The summed E-state index contributed by atoms with van der Waals surface area (Å²) in [6.07, 6.45) is 3.25. The summed E-state index contributed by atoms with van der Waals surface area (Å²) in [4.78, 5) is 12.5. The van der Waals surface area contributed by atoms with Gasteiger partial charge in [-0.2, -0.15) is 0 Å². The number of nitrogens with zero attached hydrogens (tertiary/aromatic N) is 2. The molecule has 5 heteroatoms. The molecular weight excluding hydrogens is 318 g/mol. The van der Waals surface area contributed by atoms with Gasteiger partial charge < -0.3 is 5.73 Å². The third kappa shape index (κ3) is 2.20. The van der Waals surface area contributed by atoms with Gasteiger partial charge in [0.05, 0.1) is 11.4 Å². The molecule has 2 N–H and O–H groups in total. The highest BCUT2D eigenvalue weighted by atomic mass is 79.9. The maximum absolute atomic E-state index is 12.5. The van der Waals surface area contributed by atoms with E-state index in [2.05, 4.69) is 27.5 Å². The molecule has 0 amide bonds. The first-order chi connectivity index (χ1) is 9.63. The lowest BCUT2D eigenvalue weighted by atomic mass is 10.2. The van der Waals surface area contributed by atoms with Crippen LogP contribution in [-0.2, 0) is 6.54 Å². The van der Waals surface area contributed by atoms with Gasteiger partial charge in [0.2, 0.25) is 0 Å². The van der Waals surface area contributed by atoms with Crippen LogP contribution in [0.3, 0.4) is 0 Å². The van der Waals surface area contributed by atoms with Crippen LogP contribution in [-0.4, -0.2) is 9.36 Å². The predicted octanol–water partition coefficient (Wildman–Crippen LogP) is 3.27. The van der Waals surface area contributed by atoms with E-state index >= 15 is 0 Å². The normalized spacial score (nSPS) is 14.7. The zero-order valence-electron chi connectivity index (χ0n) is 11.5. The average Bonchev–Trinajstić information content (AvgIpc) is 3.22. The number of hydrogen-bond donors (Lipinski definition) is 1. The van der Waals surface area contributed by atoms with Crippen LogP contribution in [0.2, 0.25) is 0 Å². The molecule has 2 aromatic rings. The van der Waals surface area contributed by atoms with E-state index in [-0.39, 0.29) is 5.56 Å². The van der Waals surface area contributed by atoms with E-state index in [1.54, 1.807) is 4.68 Å².